The second-order valence-corrected chi connectivity index (χ2v) is 9.41. The van der Waals surface area contributed by atoms with Gasteiger partial charge >= 0.3 is 18.3 Å². The van der Waals surface area contributed by atoms with E-state index in [4.69, 9.17) is 0 Å². The van der Waals surface area contributed by atoms with Crippen molar-refractivity contribution < 1.29 is 66.9 Å². The van der Waals surface area contributed by atoms with Gasteiger partial charge in [-0.1, -0.05) is 25.5 Å². The van der Waals surface area contributed by atoms with E-state index in [2.05, 4.69) is 14.2 Å². The number of halogens is 12. The van der Waals surface area contributed by atoms with Crippen molar-refractivity contribution in [3.8, 4) is 17.2 Å². The van der Waals surface area contributed by atoms with Gasteiger partial charge in [-0.2, -0.15) is 26.3 Å². The van der Waals surface area contributed by atoms with Gasteiger partial charge in [-0.15, -0.1) is 0 Å². The van der Waals surface area contributed by atoms with Crippen LogP contribution in [0.2, 0.25) is 0 Å². The van der Waals surface area contributed by atoms with E-state index in [0.717, 1.165) is 24.1 Å². The average Bonchev–Trinajstić information content (AvgIpc) is 2.90. The molecule has 0 saturated heterocycles. The third kappa shape index (κ3) is 7.40. The molecule has 3 nitrogen and oxygen atoms in total. The Balaban J connectivity index is 1.52. The van der Waals surface area contributed by atoms with E-state index in [0.29, 0.717) is 12.5 Å². The molecule has 0 aliphatic carbocycles. The fourth-order valence-electron chi connectivity index (χ4n) is 4.04. The average molecular weight is 654 g/mol. The smallest absolute Gasteiger partial charge is 0.429 e. The topological polar surface area (TPSA) is 27.7 Å². The maximum Gasteiger partial charge on any atom is 0.432 e. The van der Waals surface area contributed by atoms with Crippen LogP contribution in [0.1, 0.15) is 35.6 Å². The Labute approximate surface area is 246 Å². The van der Waals surface area contributed by atoms with Crippen molar-refractivity contribution in [3.05, 3.63) is 124 Å². The van der Waals surface area contributed by atoms with Crippen molar-refractivity contribution in [3.63, 3.8) is 0 Å². The van der Waals surface area contributed by atoms with E-state index in [1.807, 2.05) is 6.92 Å². The van der Waals surface area contributed by atoms with Crippen LogP contribution in [-0.4, -0.2) is 0 Å². The molecule has 4 aromatic rings. The highest BCUT2D eigenvalue weighted by Crippen LogP contribution is 2.40. The third-order valence-corrected chi connectivity index (χ3v) is 6.08. The molecule has 0 bridgehead atoms. The van der Waals surface area contributed by atoms with Gasteiger partial charge in [0.1, 0.15) is 45.8 Å². The normalized spacial score (nSPS) is 12.3. The van der Waals surface area contributed by atoms with E-state index in [-0.39, 0.29) is 36.4 Å². The van der Waals surface area contributed by atoms with Crippen LogP contribution in [-0.2, 0) is 24.7 Å². The lowest BCUT2D eigenvalue weighted by Gasteiger charge is -2.22. The Morgan fingerprint density at radius 2 is 0.978 bits per heavy atom. The Bertz CT molecular complexity index is 1640. The lowest BCUT2D eigenvalue weighted by Crippen LogP contribution is -2.27. The molecule has 0 aromatic heterocycles. The van der Waals surface area contributed by atoms with Crippen molar-refractivity contribution in [2.45, 2.75) is 38.1 Å². The largest absolute Gasteiger partial charge is 0.432 e. The van der Waals surface area contributed by atoms with Gasteiger partial charge in [-0.3, -0.25) is 0 Å². The predicted octanol–water partition coefficient (Wildman–Crippen LogP) is 9.86. The molecule has 15 heteroatoms. The van der Waals surface area contributed by atoms with Crippen LogP contribution >= 0.6 is 0 Å². The molecule has 0 amide bonds. The van der Waals surface area contributed by atoms with E-state index in [1.54, 1.807) is 0 Å². The van der Waals surface area contributed by atoms with Crippen molar-refractivity contribution >= 4 is 0 Å². The molecule has 45 heavy (non-hydrogen) atoms. The first kappa shape index (κ1) is 33.3. The molecule has 4 aromatic carbocycles. The minimum atomic E-state index is -5.02. The molecular formula is C30H18F12O3. The van der Waals surface area contributed by atoms with Gasteiger partial charge in [-0.25, -0.2) is 26.3 Å². The Morgan fingerprint density at radius 1 is 0.511 bits per heavy atom. The van der Waals surface area contributed by atoms with Gasteiger partial charge in [0.2, 0.25) is 0 Å². The maximum atomic E-state index is 14.8. The molecule has 240 valence electrons. The van der Waals surface area contributed by atoms with Crippen LogP contribution < -0.4 is 14.2 Å². The number of hydrogen-bond donors (Lipinski definition) is 0. The zero-order chi connectivity index (χ0) is 33.3. The van der Waals surface area contributed by atoms with Crippen molar-refractivity contribution in [2.75, 3.05) is 0 Å². The van der Waals surface area contributed by atoms with Crippen LogP contribution in [0, 0.1) is 34.9 Å². The molecule has 4 rings (SSSR count). The highest BCUT2D eigenvalue weighted by molar-refractivity contribution is 5.36. The zero-order valence-electron chi connectivity index (χ0n) is 22.5. The van der Waals surface area contributed by atoms with Crippen LogP contribution in [0.3, 0.4) is 0 Å². The first-order valence-corrected chi connectivity index (χ1v) is 12.7. The lowest BCUT2D eigenvalue weighted by molar-refractivity contribution is -0.191. The number of ether oxygens (including phenoxy) is 3. The molecule has 0 aliphatic rings. The monoisotopic (exact) mass is 654 g/mol. The summed E-state index contributed by atoms with van der Waals surface area (Å²) in [6.07, 6.45) is -12.4. The molecule has 0 atom stereocenters. The summed E-state index contributed by atoms with van der Waals surface area (Å²) in [6.45, 7) is 1.89. The molecule has 0 spiro atoms. The number of aryl methyl sites for hydroxylation is 1. The standard InChI is InChI=1S/C30H18F12O3/c1-2-3-15-4-6-16(7-5-15)28(37,38)43-17-8-9-20(21(31)10-17)29(39,40)44-18-11-22(32)26(23(33)12-18)30(41,42)45-19-13-24(34)27(36)25(35)14-19/h4-14H,2-3H2,1H3. The van der Waals surface area contributed by atoms with E-state index in [1.165, 1.54) is 12.1 Å². The first-order valence-electron chi connectivity index (χ1n) is 12.7. The fourth-order valence-corrected chi connectivity index (χ4v) is 4.04. The molecule has 0 aliphatic heterocycles. The van der Waals surface area contributed by atoms with Gasteiger partial charge in [0, 0.05) is 30.3 Å². The van der Waals surface area contributed by atoms with Gasteiger partial charge in [-0.05, 0) is 36.2 Å². The van der Waals surface area contributed by atoms with Gasteiger partial charge in [0.25, 0.3) is 0 Å². The Morgan fingerprint density at radius 3 is 1.49 bits per heavy atom. The minimum absolute atomic E-state index is 0.0448. The van der Waals surface area contributed by atoms with Crippen molar-refractivity contribution in [1.29, 1.82) is 0 Å². The Hall–Kier alpha value is -4.56. The first-order chi connectivity index (χ1) is 20.9. The Kier molecular flexibility index (Phi) is 9.22. The number of benzene rings is 4. The number of rotatable bonds is 11. The summed E-state index contributed by atoms with van der Waals surface area (Å²) in [5, 5.41) is 0. The highest BCUT2D eigenvalue weighted by atomic mass is 19.3. The van der Waals surface area contributed by atoms with Crippen LogP contribution in [0.4, 0.5) is 52.7 Å². The molecule has 0 fully saturated rings. The van der Waals surface area contributed by atoms with Crippen molar-refractivity contribution in [1.82, 2.24) is 0 Å². The summed E-state index contributed by atoms with van der Waals surface area (Å²) in [5.74, 6) is -16.0. The van der Waals surface area contributed by atoms with Gasteiger partial charge in [0.05, 0.1) is 5.56 Å². The summed E-state index contributed by atoms with van der Waals surface area (Å²) in [7, 11) is 0. The van der Waals surface area contributed by atoms with Gasteiger partial charge in [0.15, 0.2) is 17.5 Å². The number of alkyl halides is 6. The SMILES string of the molecule is CCCc1ccc(C(F)(F)Oc2ccc(C(F)(F)Oc3cc(F)c(C(F)(F)Oc4cc(F)c(F)c(F)c4)c(F)c3)c(F)c2)cc1. The molecular weight excluding hydrogens is 636 g/mol. The summed E-state index contributed by atoms with van der Waals surface area (Å²) in [4.78, 5) is 0. The summed E-state index contributed by atoms with van der Waals surface area (Å²) in [6, 6.07) is 5.61. The van der Waals surface area contributed by atoms with Crippen LogP contribution in [0.15, 0.2) is 66.7 Å². The quantitative estimate of drug-likeness (QED) is 0.119. The maximum absolute atomic E-state index is 14.8. The fraction of sp³-hybridized carbons (Fsp3) is 0.200. The second kappa shape index (κ2) is 12.4. The molecule has 0 N–H and O–H groups in total. The van der Waals surface area contributed by atoms with E-state index >= 15 is 0 Å². The highest BCUT2D eigenvalue weighted by Gasteiger charge is 2.44. The van der Waals surface area contributed by atoms with Crippen molar-refractivity contribution in [2.24, 2.45) is 0 Å². The number of hydrogen-bond acceptors (Lipinski definition) is 3. The predicted molar refractivity (Wildman–Crippen MR) is 133 cm³/mol. The molecule has 0 unspecified atom stereocenters. The van der Waals surface area contributed by atoms with E-state index in [9.17, 15) is 52.7 Å². The second-order valence-electron chi connectivity index (χ2n) is 9.41. The summed E-state index contributed by atoms with van der Waals surface area (Å²) in [5.41, 5.74) is -3.66. The van der Waals surface area contributed by atoms with Crippen LogP contribution in [0.5, 0.6) is 17.2 Å². The molecule has 0 saturated carbocycles. The third-order valence-electron chi connectivity index (χ3n) is 6.08. The molecule has 0 heterocycles. The van der Waals surface area contributed by atoms with E-state index < -0.39 is 87.2 Å². The summed E-state index contributed by atoms with van der Waals surface area (Å²) < 4.78 is 183. The summed E-state index contributed by atoms with van der Waals surface area (Å²) >= 11 is 0. The molecule has 0 radical (unpaired) electrons. The van der Waals surface area contributed by atoms with Crippen LogP contribution in [0.25, 0.3) is 0 Å². The van der Waals surface area contributed by atoms with Gasteiger partial charge < -0.3 is 14.2 Å². The minimum Gasteiger partial charge on any atom is -0.429 e. The zero-order valence-corrected chi connectivity index (χ0v) is 22.5. The lowest BCUT2D eigenvalue weighted by atomic mass is 10.1.